The first-order valence-electron chi connectivity index (χ1n) is 7.73. The summed E-state index contributed by atoms with van der Waals surface area (Å²) in [5.74, 6) is 1.11. The van der Waals surface area contributed by atoms with Crippen LogP contribution in [0.5, 0.6) is 0 Å². The summed E-state index contributed by atoms with van der Waals surface area (Å²) < 4.78 is 1.79. The minimum absolute atomic E-state index is 0.0947. The standard InChI is InChI=1S/C16H23N7O/c1-12-5-4-6-14(21-12)22-15(24)8-9-18-16(17-2)19-11-13-7-10-20-23(13)3/h4-7,10H,8-9,11H2,1-3H3,(H2,17,18,19)(H,21,22,24). The largest absolute Gasteiger partial charge is 0.356 e. The quantitative estimate of drug-likeness (QED) is 0.538. The number of guanidine groups is 1. The van der Waals surface area contributed by atoms with Gasteiger partial charge in [-0.25, -0.2) is 4.98 Å². The highest BCUT2D eigenvalue weighted by atomic mass is 16.1. The molecule has 8 nitrogen and oxygen atoms in total. The molecule has 0 bridgehead atoms. The van der Waals surface area contributed by atoms with Crippen LogP contribution in [0.3, 0.4) is 0 Å². The zero-order valence-corrected chi connectivity index (χ0v) is 14.2. The lowest BCUT2D eigenvalue weighted by molar-refractivity contribution is -0.116. The third kappa shape index (κ3) is 5.38. The van der Waals surface area contributed by atoms with Crippen LogP contribution in [0, 0.1) is 6.92 Å². The molecule has 2 aromatic rings. The highest BCUT2D eigenvalue weighted by Gasteiger charge is 2.05. The van der Waals surface area contributed by atoms with Gasteiger partial charge in [-0.1, -0.05) is 6.07 Å². The molecule has 0 aliphatic rings. The number of amides is 1. The summed E-state index contributed by atoms with van der Waals surface area (Å²) in [6, 6.07) is 7.45. The van der Waals surface area contributed by atoms with Gasteiger partial charge < -0.3 is 16.0 Å². The van der Waals surface area contributed by atoms with Crippen molar-refractivity contribution in [3.8, 4) is 0 Å². The molecule has 128 valence electrons. The fourth-order valence-electron chi connectivity index (χ4n) is 2.08. The van der Waals surface area contributed by atoms with Gasteiger partial charge in [0.05, 0.1) is 12.2 Å². The highest BCUT2D eigenvalue weighted by Crippen LogP contribution is 2.03. The summed E-state index contributed by atoms with van der Waals surface area (Å²) >= 11 is 0. The molecular formula is C16H23N7O. The zero-order chi connectivity index (χ0) is 17.4. The van der Waals surface area contributed by atoms with E-state index in [4.69, 9.17) is 0 Å². The number of carbonyl (C=O) groups is 1. The van der Waals surface area contributed by atoms with Crippen LogP contribution in [-0.4, -0.2) is 40.2 Å². The van der Waals surface area contributed by atoms with Gasteiger partial charge in [0.1, 0.15) is 5.82 Å². The first kappa shape index (κ1) is 17.5. The van der Waals surface area contributed by atoms with Crippen molar-refractivity contribution < 1.29 is 4.79 Å². The van der Waals surface area contributed by atoms with Gasteiger partial charge in [-0.2, -0.15) is 5.10 Å². The molecule has 0 unspecified atom stereocenters. The van der Waals surface area contributed by atoms with Gasteiger partial charge in [-0.05, 0) is 25.1 Å². The van der Waals surface area contributed by atoms with Crippen molar-refractivity contribution in [1.82, 2.24) is 25.4 Å². The van der Waals surface area contributed by atoms with E-state index in [1.807, 2.05) is 32.2 Å². The van der Waals surface area contributed by atoms with E-state index >= 15 is 0 Å². The number of hydrogen-bond donors (Lipinski definition) is 3. The third-order valence-electron chi connectivity index (χ3n) is 3.38. The van der Waals surface area contributed by atoms with Gasteiger partial charge >= 0.3 is 0 Å². The summed E-state index contributed by atoms with van der Waals surface area (Å²) in [5.41, 5.74) is 1.91. The van der Waals surface area contributed by atoms with E-state index in [1.165, 1.54) is 0 Å². The second-order valence-corrected chi connectivity index (χ2v) is 5.26. The molecule has 24 heavy (non-hydrogen) atoms. The number of carbonyl (C=O) groups excluding carboxylic acids is 1. The maximum Gasteiger partial charge on any atom is 0.227 e. The second-order valence-electron chi connectivity index (χ2n) is 5.26. The van der Waals surface area contributed by atoms with Crippen LogP contribution in [0.1, 0.15) is 17.8 Å². The predicted molar refractivity (Wildman–Crippen MR) is 93.6 cm³/mol. The van der Waals surface area contributed by atoms with E-state index in [0.717, 1.165) is 11.4 Å². The molecule has 2 rings (SSSR count). The molecule has 0 aliphatic carbocycles. The molecule has 8 heteroatoms. The average molecular weight is 329 g/mol. The maximum absolute atomic E-state index is 11.9. The summed E-state index contributed by atoms with van der Waals surface area (Å²) in [5, 5.41) is 13.2. The van der Waals surface area contributed by atoms with Crippen LogP contribution in [0.15, 0.2) is 35.5 Å². The van der Waals surface area contributed by atoms with Crippen molar-refractivity contribution in [3.63, 3.8) is 0 Å². The molecule has 0 saturated heterocycles. The Morgan fingerprint density at radius 2 is 2.12 bits per heavy atom. The summed E-state index contributed by atoms with van der Waals surface area (Å²) in [6.07, 6.45) is 2.07. The SMILES string of the molecule is CN=C(NCCC(=O)Nc1cccc(C)n1)NCc1ccnn1C. The van der Waals surface area contributed by atoms with E-state index in [-0.39, 0.29) is 5.91 Å². The Labute approximate surface area is 141 Å². The monoisotopic (exact) mass is 329 g/mol. The Balaban J connectivity index is 1.71. The fourth-order valence-corrected chi connectivity index (χ4v) is 2.08. The van der Waals surface area contributed by atoms with Gasteiger partial charge in [-0.15, -0.1) is 0 Å². The van der Waals surface area contributed by atoms with Crippen LogP contribution in [-0.2, 0) is 18.4 Å². The number of nitrogens with zero attached hydrogens (tertiary/aromatic N) is 4. The van der Waals surface area contributed by atoms with Crippen molar-refractivity contribution in [2.75, 3.05) is 18.9 Å². The van der Waals surface area contributed by atoms with Gasteiger partial charge in [0.15, 0.2) is 5.96 Å². The molecule has 0 saturated carbocycles. The third-order valence-corrected chi connectivity index (χ3v) is 3.38. The molecule has 0 fully saturated rings. The number of aliphatic imine (C=N–C) groups is 1. The first-order valence-corrected chi connectivity index (χ1v) is 7.73. The molecule has 0 spiro atoms. The van der Waals surface area contributed by atoms with E-state index in [1.54, 1.807) is 24.0 Å². The number of rotatable bonds is 6. The topological polar surface area (TPSA) is 96.2 Å². The molecule has 0 atom stereocenters. The lowest BCUT2D eigenvalue weighted by atomic mass is 10.3. The molecule has 2 heterocycles. The van der Waals surface area contributed by atoms with E-state index in [0.29, 0.717) is 31.3 Å². The minimum atomic E-state index is -0.0947. The molecule has 0 aliphatic heterocycles. The molecular weight excluding hydrogens is 306 g/mol. The van der Waals surface area contributed by atoms with Crippen LogP contribution in [0.4, 0.5) is 5.82 Å². The number of aromatic nitrogens is 3. The molecule has 2 aromatic heterocycles. The van der Waals surface area contributed by atoms with Gasteiger partial charge in [0.25, 0.3) is 0 Å². The number of hydrogen-bond acceptors (Lipinski definition) is 4. The van der Waals surface area contributed by atoms with Gasteiger partial charge in [0, 0.05) is 39.0 Å². The summed E-state index contributed by atoms with van der Waals surface area (Å²) in [6.45, 7) is 2.97. The van der Waals surface area contributed by atoms with E-state index in [2.05, 4.69) is 31.0 Å². The normalized spacial score (nSPS) is 11.2. The van der Waals surface area contributed by atoms with Crippen molar-refractivity contribution >= 4 is 17.7 Å². The molecule has 0 aromatic carbocycles. The summed E-state index contributed by atoms with van der Waals surface area (Å²) in [7, 11) is 3.58. The Morgan fingerprint density at radius 3 is 2.79 bits per heavy atom. The smallest absolute Gasteiger partial charge is 0.227 e. The van der Waals surface area contributed by atoms with Crippen LogP contribution in [0.25, 0.3) is 0 Å². The predicted octanol–water partition coefficient (Wildman–Crippen LogP) is 0.817. The Kier molecular flexibility index (Phi) is 6.30. The van der Waals surface area contributed by atoms with Gasteiger partial charge in [-0.3, -0.25) is 14.5 Å². The van der Waals surface area contributed by atoms with Crippen molar-refractivity contribution in [2.45, 2.75) is 19.9 Å². The fraction of sp³-hybridized carbons (Fsp3) is 0.375. The lowest BCUT2D eigenvalue weighted by Gasteiger charge is -2.12. The first-order chi connectivity index (χ1) is 11.6. The molecule has 3 N–H and O–H groups in total. The van der Waals surface area contributed by atoms with Crippen molar-refractivity contribution in [3.05, 3.63) is 41.9 Å². The maximum atomic E-state index is 11.9. The highest BCUT2D eigenvalue weighted by molar-refractivity contribution is 5.90. The number of aryl methyl sites for hydroxylation is 2. The van der Waals surface area contributed by atoms with E-state index < -0.39 is 0 Å². The van der Waals surface area contributed by atoms with Crippen molar-refractivity contribution in [2.24, 2.45) is 12.0 Å². The number of pyridine rings is 1. The molecule has 0 radical (unpaired) electrons. The molecule has 1 amide bonds. The average Bonchev–Trinajstić information content (AvgIpc) is 2.96. The van der Waals surface area contributed by atoms with E-state index in [9.17, 15) is 4.79 Å². The summed E-state index contributed by atoms with van der Waals surface area (Å²) in [4.78, 5) is 20.3. The van der Waals surface area contributed by atoms with Crippen LogP contribution >= 0.6 is 0 Å². The Bertz CT molecular complexity index is 708. The zero-order valence-electron chi connectivity index (χ0n) is 14.2. The van der Waals surface area contributed by atoms with Crippen LogP contribution in [0.2, 0.25) is 0 Å². The van der Waals surface area contributed by atoms with Gasteiger partial charge in [0.2, 0.25) is 5.91 Å². The minimum Gasteiger partial charge on any atom is -0.356 e. The number of nitrogens with one attached hydrogen (secondary N) is 3. The lowest BCUT2D eigenvalue weighted by Crippen LogP contribution is -2.38. The van der Waals surface area contributed by atoms with Crippen molar-refractivity contribution in [1.29, 1.82) is 0 Å². The second kappa shape index (κ2) is 8.66. The Hall–Kier alpha value is -2.90. The number of anilines is 1. The van der Waals surface area contributed by atoms with Crippen LogP contribution < -0.4 is 16.0 Å². The Morgan fingerprint density at radius 1 is 1.29 bits per heavy atom.